The summed E-state index contributed by atoms with van der Waals surface area (Å²) in [6.07, 6.45) is 0.829. The molecule has 1 fully saturated rings. The van der Waals surface area contributed by atoms with E-state index in [-0.39, 0.29) is 30.5 Å². The molecule has 4 rings (SSSR count). The van der Waals surface area contributed by atoms with E-state index in [1.165, 1.54) is 18.2 Å². The number of ether oxygens (including phenoxy) is 4. The Kier molecular flexibility index (Phi) is 7.72. The van der Waals surface area contributed by atoms with Crippen molar-refractivity contribution in [2.75, 3.05) is 19.7 Å². The van der Waals surface area contributed by atoms with Crippen molar-refractivity contribution in [3.8, 4) is 28.0 Å². The van der Waals surface area contributed by atoms with Gasteiger partial charge in [0.15, 0.2) is 17.9 Å². The Balaban J connectivity index is 1.43. The maximum Gasteiger partial charge on any atom is 0.201 e. The fourth-order valence-corrected chi connectivity index (χ4v) is 3.58. The average Bonchev–Trinajstić information content (AvgIpc) is 2.87. The van der Waals surface area contributed by atoms with Gasteiger partial charge in [-0.2, -0.15) is 4.39 Å². The first-order chi connectivity index (χ1) is 16.5. The summed E-state index contributed by atoms with van der Waals surface area (Å²) in [5, 5.41) is 0. The summed E-state index contributed by atoms with van der Waals surface area (Å²) in [5.41, 5.74) is 2.33. The second kappa shape index (κ2) is 10.9. The van der Waals surface area contributed by atoms with Gasteiger partial charge in [-0.15, -0.1) is 0 Å². The van der Waals surface area contributed by atoms with E-state index in [4.69, 9.17) is 26.8 Å². The molecular formula is C26H22BF3O4. The lowest BCUT2D eigenvalue weighted by molar-refractivity contribution is -0.207. The largest absolute Gasteiger partial charge is 0.500 e. The molecule has 8 heteroatoms. The normalized spacial score (nSPS) is 18.0. The third kappa shape index (κ3) is 5.36. The minimum absolute atomic E-state index is 0.0793. The Bertz CT molecular complexity index is 1150. The van der Waals surface area contributed by atoms with Crippen LogP contribution in [0.25, 0.3) is 22.3 Å². The third-order valence-electron chi connectivity index (χ3n) is 5.43. The average molecular weight is 466 g/mol. The zero-order chi connectivity index (χ0) is 24.1. The van der Waals surface area contributed by atoms with Crippen molar-refractivity contribution in [2.24, 2.45) is 0 Å². The van der Waals surface area contributed by atoms with Gasteiger partial charge in [0.25, 0.3) is 0 Å². The van der Waals surface area contributed by atoms with E-state index >= 15 is 0 Å². The fraction of sp³-hybridized carbons (Fsp3) is 0.231. The van der Waals surface area contributed by atoms with Crippen LogP contribution in [0, 0.1) is 17.5 Å². The summed E-state index contributed by atoms with van der Waals surface area (Å²) in [5.74, 6) is -2.78. The zero-order valence-electron chi connectivity index (χ0n) is 18.3. The Labute approximate surface area is 197 Å². The van der Waals surface area contributed by atoms with Crippen LogP contribution in [0.1, 0.15) is 5.56 Å². The van der Waals surface area contributed by atoms with Gasteiger partial charge in [-0.05, 0) is 41.0 Å². The smallest absolute Gasteiger partial charge is 0.201 e. The summed E-state index contributed by atoms with van der Waals surface area (Å²) < 4.78 is 64.6. The van der Waals surface area contributed by atoms with Crippen LogP contribution in [0.3, 0.4) is 0 Å². The van der Waals surface area contributed by atoms with Crippen molar-refractivity contribution >= 4 is 7.85 Å². The van der Waals surface area contributed by atoms with Crippen molar-refractivity contribution in [1.82, 2.24) is 0 Å². The molecule has 0 unspecified atom stereocenters. The summed E-state index contributed by atoms with van der Waals surface area (Å²) in [6.45, 7) is 4.11. The van der Waals surface area contributed by atoms with Crippen molar-refractivity contribution in [3.63, 3.8) is 0 Å². The van der Waals surface area contributed by atoms with E-state index in [1.54, 1.807) is 42.5 Å². The minimum Gasteiger partial charge on any atom is -0.500 e. The summed E-state index contributed by atoms with van der Waals surface area (Å²) in [4.78, 5) is 0. The van der Waals surface area contributed by atoms with Crippen LogP contribution in [0.2, 0.25) is 0 Å². The molecule has 3 aromatic carbocycles. The van der Waals surface area contributed by atoms with Gasteiger partial charge in [-0.3, -0.25) is 0 Å². The molecule has 1 aliphatic rings. The van der Waals surface area contributed by atoms with Crippen LogP contribution in [0.4, 0.5) is 13.2 Å². The predicted molar refractivity (Wildman–Crippen MR) is 123 cm³/mol. The highest BCUT2D eigenvalue weighted by atomic mass is 19.2. The van der Waals surface area contributed by atoms with Crippen molar-refractivity contribution in [2.45, 2.75) is 19.0 Å². The topological polar surface area (TPSA) is 36.9 Å². The van der Waals surface area contributed by atoms with E-state index in [9.17, 15) is 13.2 Å². The lowest BCUT2D eigenvalue weighted by Gasteiger charge is -2.27. The van der Waals surface area contributed by atoms with Gasteiger partial charge in [-0.1, -0.05) is 43.0 Å². The maximum atomic E-state index is 14.7. The summed E-state index contributed by atoms with van der Waals surface area (Å²) in [7, 11) is 5.22. The first-order valence-electron chi connectivity index (χ1n) is 10.7. The molecule has 0 aliphatic carbocycles. The molecule has 0 aromatic heterocycles. The third-order valence-corrected chi connectivity index (χ3v) is 5.43. The molecule has 34 heavy (non-hydrogen) atoms. The van der Waals surface area contributed by atoms with E-state index < -0.39 is 23.7 Å². The molecule has 1 aliphatic heterocycles. The van der Waals surface area contributed by atoms with E-state index in [2.05, 4.69) is 6.58 Å². The second-order valence-corrected chi connectivity index (χ2v) is 7.64. The van der Waals surface area contributed by atoms with Crippen LogP contribution < -0.4 is 4.74 Å². The molecule has 1 heterocycles. The van der Waals surface area contributed by atoms with Gasteiger partial charge in [0.05, 0.1) is 19.8 Å². The first-order valence-corrected chi connectivity index (χ1v) is 10.7. The van der Waals surface area contributed by atoms with Gasteiger partial charge < -0.3 is 18.9 Å². The van der Waals surface area contributed by atoms with Crippen LogP contribution in [-0.2, 0) is 20.8 Å². The Morgan fingerprint density at radius 1 is 0.912 bits per heavy atom. The predicted octanol–water partition coefficient (Wildman–Crippen LogP) is 5.39. The summed E-state index contributed by atoms with van der Waals surface area (Å²) >= 11 is 0. The fourth-order valence-electron chi connectivity index (χ4n) is 3.58. The lowest BCUT2D eigenvalue weighted by Crippen LogP contribution is -2.36. The van der Waals surface area contributed by atoms with E-state index in [0.29, 0.717) is 29.9 Å². The molecule has 1 saturated heterocycles. The highest BCUT2D eigenvalue weighted by Gasteiger charge is 2.21. The highest BCUT2D eigenvalue weighted by Crippen LogP contribution is 2.31. The van der Waals surface area contributed by atoms with Gasteiger partial charge >= 0.3 is 0 Å². The van der Waals surface area contributed by atoms with Gasteiger partial charge in [0, 0.05) is 17.6 Å². The zero-order valence-corrected chi connectivity index (χ0v) is 18.3. The lowest BCUT2D eigenvalue weighted by atomic mass is 9.99. The Morgan fingerprint density at radius 2 is 1.59 bits per heavy atom. The van der Waals surface area contributed by atoms with E-state index in [1.807, 2.05) is 0 Å². The molecule has 3 aromatic rings. The van der Waals surface area contributed by atoms with Crippen molar-refractivity contribution in [3.05, 3.63) is 90.3 Å². The molecule has 174 valence electrons. The monoisotopic (exact) mass is 466 g/mol. The van der Waals surface area contributed by atoms with Gasteiger partial charge in [-0.25, -0.2) is 8.78 Å². The minimum atomic E-state index is -1.10. The summed E-state index contributed by atoms with van der Waals surface area (Å²) in [6, 6.07) is 14.3. The molecule has 0 saturated carbocycles. The molecule has 0 N–H and O–H groups in total. The molecule has 0 amide bonds. The number of hydrogen-bond donors (Lipinski definition) is 0. The highest BCUT2D eigenvalue weighted by molar-refractivity contribution is 6.08. The molecule has 0 spiro atoms. The van der Waals surface area contributed by atoms with E-state index in [0.717, 1.165) is 5.56 Å². The molecule has 0 bridgehead atoms. The first kappa shape index (κ1) is 24.1. The number of halogens is 3. The van der Waals surface area contributed by atoms with Crippen LogP contribution in [0.5, 0.6) is 5.75 Å². The van der Waals surface area contributed by atoms with Crippen molar-refractivity contribution in [1.29, 1.82) is 0 Å². The Hall–Kier alpha value is -3.07. The maximum absolute atomic E-state index is 14.7. The number of hydrogen-bond acceptors (Lipinski definition) is 4. The number of benzene rings is 3. The SMILES string of the molecule is [B]COc1ccc(-c2ccc(-c3ccc(COC4COC(C=C)OC4)c(F)c3)cc2)c(F)c1F. The molecular weight excluding hydrogens is 444 g/mol. The Morgan fingerprint density at radius 3 is 2.24 bits per heavy atom. The van der Waals surface area contributed by atoms with Crippen LogP contribution in [-0.4, -0.2) is 40.0 Å². The second-order valence-electron chi connectivity index (χ2n) is 7.64. The molecule has 0 atom stereocenters. The van der Waals surface area contributed by atoms with Gasteiger partial charge in [0.2, 0.25) is 5.82 Å². The standard InChI is InChI=1S/C26H22BF3O4/c1-2-24-32-13-20(14-33-24)31-12-19-8-7-18(11-22(19)28)16-3-5-17(6-4-16)21-9-10-23(34-15-27)26(30)25(21)29/h2-11,20,24H,1,12-15H2. The van der Waals surface area contributed by atoms with Crippen LogP contribution in [0.15, 0.2) is 67.3 Å². The quantitative estimate of drug-likeness (QED) is 0.330. The molecule has 4 nitrogen and oxygen atoms in total. The van der Waals surface area contributed by atoms with Gasteiger partial charge in [0.1, 0.15) is 19.8 Å². The molecule has 2 radical (unpaired) electrons. The van der Waals surface area contributed by atoms with Crippen LogP contribution >= 0.6 is 0 Å². The van der Waals surface area contributed by atoms with Crippen molar-refractivity contribution < 1.29 is 32.1 Å². The number of rotatable bonds is 8.